The van der Waals surface area contributed by atoms with Gasteiger partial charge in [-0.3, -0.25) is 0 Å². The van der Waals surface area contributed by atoms with Crippen molar-refractivity contribution < 1.29 is 0 Å². The van der Waals surface area contributed by atoms with Gasteiger partial charge in [-0.1, -0.05) is 69.3 Å². The van der Waals surface area contributed by atoms with Crippen molar-refractivity contribution in [3.63, 3.8) is 0 Å². The number of nitrogens with zero attached hydrogens (tertiary/aromatic N) is 4. The highest BCUT2D eigenvalue weighted by Crippen LogP contribution is 2.30. The molecular formula is C22H27N5. The molecular weight excluding hydrogens is 334 g/mol. The minimum absolute atomic E-state index is 0.0252. The molecule has 27 heavy (non-hydrogen) atoms. The van der Waals surface area contributed by atoms with E-state index in [9.17, 15) is 0 Å². The Morgan fingerprint density at radius 2 is 1.67 bits per heavy atom. The third-order valence-electron chi connectivity index (χ3n) is 4.45. The number of benzene rings is 2. The van der Waals surface area contributed by atoms with Crippen LogP contribution in [0.3, 0.4) is 0 Å². The van der Waals surface area contributed by atoms with E-state index in [4.69, 9.17) is 4.98 Å². The van der Waals surface area contributed by atoms with Gasteiger partial charge in [0.2, 0.25) is 5.95 Å². The van der Waals surface area contributed by atoms with Crippen LogP contribution in [0.25, 0.3) is 0 Å². The third kappa shape index (κ3) is 4.82. The second-order valence-corrected chi connectivity index (χ2v) is 7.56. The van der Waals surface area contributed by atoms with Crippen molar-refractivity contribution in [3.05, 3.63) is 71.9 Å². The molecule has 0 saturated heterocycles. The molecule has 0 fully saturated rings. The van der Waals surface area contributed by atoms with Crippen molar-refractivity contribution in [2.24, 2.45) is 0 Å². The normalized spacial score (nSPS) is 11.3. The van der Waals surface area contributed by atoms with Gasteiger partial charge < -0.3 is 10.2 Å². The monoisotopic (exact) mass is 361 g/mol. The maximum atomic E-state index is 4.70. The van der Waals surface area contributed by atoms with E-state index in [0.29, 0.717) is 5.95 Å². The number of nitrogens with one attached hydrogen (secondary N) is 1. The van der Waals surface area contributed by atoms with Crippen molar-refractivity contribution in [3.8, 4) is 0 Å². The van der Waals surface area contributed by atoms with Crippen LogP contribution in [-0.2, 0) is 12.0 Å². The summed E-state index contributed by atoms with van der Waals surface area (Å²) in [4.78, 5) is 6.89. The lowest BCUT2D eigenvalue weighted by molar-refractivity contribution is 0.592. The summed E-state index contributed by atoms with van der Waals surface area (Å²) in [5.41, 5.74) is 3.49. The Bertz CT molecular complexity index is 871. The third-order valence-corrected chi connectivity index (χ3v) is 4.45. The molecule has 1 N–H and O–H groups in total. The molecule has 3 rings (SSSR count). The highest BCUT2D eigenvalue weighted by molar-refractivity contribution is 5.61. The smallest absolute Gasteiger partial charge is 0.249 e. The second-order valence-electron chi connectivity index (χ2n) is 7.56. The highest BCUT2D eigenvalue weighted by Gasteiger charge is 2.18. The topological polar surface area (TPSA) is 53.9 Å². The number of hydrogen-bond donors (Lipinski definition) is 1. The summed E-state index contributed by atoms with van der Waals surface area (Å²) in [6.45, 7) is 10.3. The maximum absolute atomic E-state index is 4.70. The van der Waals surface area contributed by atoms with Crippen molar-refractivity contribution >= 4 is 17.5 Å². The quantitative estimate of drug-likeness (QED) is 0.674. The molecule has 0 aliphatic rings. The Morgan fingerprint density at radius 1 is 0.963 bits per heavy atom. The molecule has 1 heterocycles. The Kier molecular flexibility index (Phi) is 5.69. The molecule has 0 aliphatic heterocycles. The standard InChI is InChI=1S/C22H27N5/c1-5-27(16-17-11-7-6-8-12-17)20-15-23-26-21(25-20)24-19-14-10-9-13-18(19)22(2,3)4/h6-15H,5,16H2,1-4H3,(H,24,25,26). The number of rotatable bonds is 6. The van der Waals surface area contributed by atoms with E-state index in [2.05, 4.69) is 90.6 Å². The van der Waals surface area contributed by atoms with Crippen molar-refractivity contribution in [1.29, 1.82) is 0 Å². The van der Waals surface area contributed by atoms with E-state index in [0.717, 1.165) is 24.6 Å². The first-order valence-electron chi connectivity index (χ1n) is 9.32. The largest absolute Gasteiger partial charge is 0.351 e. The molecule has 0 spiro atoms. The first-order chi connectivity index (χ1) is 13.0. The zero-order valence-corrected chi connectivity index (χ0v) is 16.5. The molecule has 0 amide bonds. The molecule has 0 bridgehead atoms. The lowest BCUT2D eigenvalue weighted by Crippen LogP contribution is -2.24. The van der Waals surface area contributed by atoms with Crippen LogP contribution < -0.4 is 10.2 Å². The van der Waals surface area contributed by atoms with E-state index in [1.165, 1.54) is 11.1 Å². The average Bonchev–Trinajstić information content (AvgIpc) is 2.67. The van der Waals surface area contributed by atoms with Gasteiger partial charge >= 0.3 is 0 Å². The fourth-order valence-electron chi connectivity index (χ4n) is 3.03. The minimum Gasteiger partial charge on any atom is -0.351 e. The van der Waals surface area contributed by atoms with E-state index in [1.54, 1.807) is 6.20 Å². The van der Waals surface area contributed by atoms with Gasteiger partial charge in [0, 0.05) is 18.8 Å². The first kappa shape index (κ1) is 18.8. The zero-order valence-electron chi connectivity index (χ0n) is 16.5. The summed E-state index contributed by atoms with van der Waals surface area (Å²) < 4.78 is 0. The molecule has 1 aromatic heterocycles. The molecule has 0 atom stereocenters. The molecule has 3 aromatic rings. The van der Waals surface area contributed by atoms with Crippen LogP contribution in [0.5, 0.6) is 0 Å². The molecule has 5 heteroatoms. The second kappa shape index (κ2) is 8.16. The number of para-hydroxylation sites is 1. The van der Waals surface area contributed by atoms with Gasteiger partial charge in [-0.15, -0.1) is 5.10 Å². The van der Waals surface area contributed by atoms with Crippen molar-refractivity contribution in [2.45, 2.75) is 39.7 Å². The summed E-state index contributed by atoms with van der Waals surface area (Å²) in [6, 6.07) is 18.6. The summed E-state index contributed by atoms with van der Waals surface area (Å²) >= 11 is 0. The Labute approximate surface area is 161 Å². The van der Waals surface area contributed by atoms with Crippen LogP contribution in [-0.4, -0.2) is 21.7 Å². The summed E-state index contributed by atoms with van der Waals surface area (Å²) in [5.74, 6) is 1.32. The Morgan fingerprint density at radius 3 is 2.37 bits per heavy atom. The first-order valence-corrected chi connectivity index (χ1v) is 9.32. The van der Waals surface area contributed by atoms with Gasteiger partial charge in [-0.2, -0.15) is 10.1 Å². The van der Waals surface area contributed by atoms with Crippen molar-refractivity contribution in [2.75, 3.05) is 16.8 Å². The number of anilines is 3. The van der Waals surface area contributed by atoms with Gasteiger partial charge in [-0.05, 0) is 29.5 Å². The van der Waals surface area contributed by atoms with Gasteiger partial charge in [0.25, 0.3) is 0 Å². The molecule has 0 unspecified atom stereocenters. The maximum Gasteiger partial charge on any atom is 0.249 e. The Hall–Kier alpha value is -2.95. The van der Waals surface area contributed by atoms with Gasteiger partial charge in [0.05, 0.1) is 6.20 Å². The van der Waals surface area contributed by atoms with Gasteiger partial charge in [0.1, 0.15) is 0 Å². The van der Waals surface area contributed by atoms with Crippen LogP contribution in [0.2, 0.25) is 0 Å². The average molecular weight is 361 g/mol. The number of aromatic nitrogens is 3. The van der Waals surface area contributed by atoms with Crippen molar-refractivity contribution in [1.82, 2.24) is 15.2 Å². The number of hydrogen-bond acceptors (Lipinski definition) is 5. The molecule has 0 aliphatic carbocycles. The molecule has 5 nitrogen and oxygen atoms in total. The van der Waals surface area contributed by atoms with E-state index in [-0.39, 0.29) is 5.41 Å². The van der Waals surface area contributed by atoms with E-state index in [1.807, 2.05) is 12.1 Å². The molecule has 0 radical (unpaired) electrons. The van der Waals surface area contributed by atoms with Gasteiger partial charge in [0.15, 0.2) is 5.82 Å². The Balaban J connectivity index is 1.84. The molecule has 0 saturated carbocycles. The predicted molar refractivity (Wildman–Crippen MR) is 111 cm³/mol. The van der Waals surface area contributed by atoms with Gasteiger partial charge in [-0.25, -0.2) is 0 Å². The molecule has 2 aromatic carbocycles. The molecule has 140 valence electrons. The van der Waals surface area contributed by atoms with Crippen LogP contribution >= 0.6 is 0 Å². The van der Waals surface area contributed by atoms with Crippen LogP contribution in [0, 0.1) is 0 Å². The SMILES string of the molecule is CCN(Cc1ccccc1)c1cnnc(Nc2ccccc2C(C)(C)C)n1. The van der Waals surface area contributed by atoms with Crippen LogP contribution in [0.4, 0.5) is 17.5 Å². The van der Waals surface area contributed by atoms with Crippen LogP contribution in [0.15, 0.2) is 60.8 Å². The summed E-state index contributed by atoms with van der Waals surface area (Å²) in [6.07, 6.45) is 1.72. The predicted octanol–water partition coefficient (Wildman–Crippen LogP) is 4.94. The fourth-order valence-corrected chi connectivity index (χ4v) is 3.03. The fraction of sp³-hybridized carbons (Fsp3) is 0.318. The lowest BCUT2D eigenvalue weighted by atomic mass is 9.86. The summed E-state index contributed by atoms with van der Waals surface area (Å²) in [5, 5.41) is 11.7. The van der Waals surface area contributed by atoms with E-state index < -0.39 is 0 Å². The van der Waals surface area contributed by atoms with E-state index >= 15 is 0 Å². The zero-order chi connectivity index (χ0) is 19.3. The van der Waals surface area contributed by atoms with Crippen LogP contribution in [0.1, 0.15) is 38.8 Å². The minimum atomic E-state index is 0.0252. The lowest BCUT2D eigenvalue weighted by Gasteiger charge is -2.24. The highest BCUT2D eigenvalue weighted by atomic mass is 15.3. The summed E-state index contributed by atoms with van der Waals surface area (Å²) in [7, 11) is 0.